The number of nitrogens with one attached hydrogen (secondary N) is 3. The lowest BCUT2D eigenvalue weighted by Gasteiger charge is -2.18. The van der Waals surface area contributed by atoms with Crippen LogP contribution >= 0.6 is 0 Å². The molecule has 0 aliphatic heterocycles. The van der Waals surface area contributed by atoms with Crippen molar-refractivity contribution < 1.29 is 24.3 Å². The van der Waals surface area contributed by atoms with Gasteiger partial charge in [-0.1, -0.05) is 0 Å². The minimum absolute atomic E-state index is 0.0868. The standard InChI is InChI=1S/C13H25N7O5/c1-7(12(24)25)19-10(22)6-18-11(23)8(20-9(21)5-14)3-2-4-17-13(15)16/h7-8H,2-6,14H2,1H3,(H,18,23)(H,19,22)(H,20,21)(H,24,25)(H4,15,16,17)/t7-,8-/m0/s1. The molecule has 0 bridgehead atoms. The van der Waals surface area contributed by atoms with Crippen molar-refractivity contribution in [2.75, 3.05) is 19.6 Å². The first-order valence-corrected chi connectivity index (χ1v) is 7.52. The summed E-state index contributed by atoms with van der Waals surface area (Å²) in [5, 5.41) is 15.6. The molecule has 0 heterocycles. The van der Waals surface area contributed by atoms with E-state index in [0.29, 0.717) is 6.42 Å². The molecule has 12 heteroatoms. The van der Waals surface area contributed by atoms with E-state index in [1.54, 1.807) is 0 Å². The highest BCUT2D eigenvalue weighted by Crippen LogP contribution is 1.99. The molecule has 10 N–H and O–H groups in total. The predicted molar refractivity (Wildman–Crippen MR) is 89.1 cm³/mol. The average Bonchev–Trinajstić information content (AvgIpc) is 2.54. The van der Waals surface area contributed by atoms with E-state index in [0.717, 1.165) is 0 Å². The van der Waals surface area contributed by atoms with Crippen LogP contribution in [-0.4, -0.2) is 66.5 Å². The number of nitrogens with zero attached hydrogens (tertiary/aromatic N) is 1. The van der Waals surface area contributed by atoms with Gasteiger partial charge in [-0.15, -0.1) is 0 Å². The summed E-state index contributed by atoms with van der Waals surface area (Å²) >= 11 is 0. The van der Waals surface area contributed by atoms with Crippen molar-refractivity contribution in [3.63, 3.8) is 0 Å². The van der Waals surface area contributed by atoms with E-state index in [4.69, 9.17) is 22.3 Å². The van der Waals surface area contributed by atoms with Crippen molar-refractivity contribution in [3.05, 3.63) is 0 Å². The number of rotatable bonds is 11. The molecule has 25 heavy (non-hydrogen) atoms. The van der Waals surface area contributed by atoms with Gasteiger partial charge in [-0.25, -0.2) is 0 Å². The van der Waals surface area contributed by atoms with Gasteiger partial charge in [0.25, 0.3) is 0 Å². The third kappa shape index (κ3) is 10.5. The number of carboxylic acids is 1. The number of carbonyl (C=O) groups excluding carboxylic acids is 3. The van der Waals surface area contributed by atoms with Crippen LogP contribution in [-0.2, 0) is 19.2 Å². The Morgan fingerprint density at radius 2 is 1.76 bits per heavy atom. The Morgan fingerprint density at radius 3 is 2.28 bits per heavy atom. The maximum absolute atomic E-state index is 12.1. The molecule has 12 nitrogen and oxygen atoms in total. The van der Waals surface area contributed by atoms with Gasteiger partial charge in [-0.2, -0.15) is 0 Å². The zero-order valence-corrected chi connectivity index (χ0v) is 13.9. The van der Waals surface area contributed by atoms with Crippen LogP contribution in [0.5, 0.6) is 0 Å². The van der Waals surface area contributed by atoms with E-state index < -0.39 is 42.3 Å². The molecular weight excluding hydrogens is 334 g/mol. The van der Waals surface area contributed by atoms with Crippen LogP contribution in [0.1, 0.15) is 19.8 Å². The summed E-state index contributed by atoms with van der Waals surface area (Å²) in [7, 11) is 0. The van der Waals surface area contributed by atoms with Gasteiger partial charge < -0.3 is 38.3 Å². The minimum Gasteiger partial charge on any atom is -0.480 e. The maximum Gasteiger partial charge on any atom is 0.325 e. The summed E-state index contributed by atoms with van der Waals surface area (Å²) in [6.45, 7) is 0.824. The van der Waals surface area contributed by atoms with Crippen molar-refractivity contribution >= 4 is 29.7 Å². The van der Waals surface area contributed by atoms with Crippen molar-refractivity contribution in [3.8, 4) is 0 Å². The zero-order chi connectivity index (χ0) is 19.4. The van der Waals surface area contributed by atoms with Gasteiger partial charge >= 0.3 is 5.97 Å². The minimum atomic E-state index is -1.20. The van der Waals surface area contributed by atoms with Crippen LogP contribution in [0, 0.1) is 0 Å². The van der Waals surface area contributed by atoms with Gasteiger partial charge in [0.1, 0.15) is 12.1 Å². The highest BCUT2D eigenvalue weighted by Gasteiger charge is 2.21. The van der Waals surface area contributed by atoms with Gasteiger partial charge in [0.15, 0.2) is 5.96 Å². The first-order chi connectivity index (χ1) is 11.7. The third-order valence-electron chi connectivity index (χ3n) is 2.95. The Morgan fingerprint density at radius 1 is 1.12 bits per heavy atom. The lowest BCUT2D eigenvalue weighted by atomic mass is 10.1. The second kappa shape index (κ2) is 11.6. The second-order valence-electron chi connectivity index (χ2n) is 5.12. The van der Waals surface area contributed by atoms with Crippen LogP contribution < -0.4 is 33.2 Å². The summed E-state index contributed by atoms with van der Waals surface area (Å²) < 4.78 is 0. The quantitative estimate of drug-likeness (QED) is 0.110. The highest BCUT2D eigenvalue weighted by molar-refractivity contribution is 5.91. The number of carboxylic acid groups (broad SMARTS) is 1. The van der Waals surface area contributed by atoms with Gasteiger partial charge in [-0.05, 0) is 19.8 Å². The van der Waals surface area contributed by atoms with Crippen LogP contribution in [0.4, 0.5) is 0 Å². The van der Waals surface area contributed by atoms with Crippen molar-refractivity contribution in [2.45, 2.75) is 31.8 Å². The molecule has 3 amide bonds. The number of hydrogen-bond acceptors (Lipinski definition) is 6. The molecule has 0 radical (unpaired) electrons. The number of amides is 3. The van der Waals surface area contributed by atoms with Gasteiger partial charge in [0, 0.05) is 6.54 Å². The highest BCUT2D eigenvalue weighted by atomic mass is 16.4. The SMILES string of the molecule is C[C@H](NC(=O)CNC(=O)[C@H](CCCN=C(N)N)NC(=O)CN)C(=O)O. The number of aliphatic carboxylic acids is 1. The molecule has 2 atom stereocenters. The Balaban J connectivity index is 4.54. The molecule has 0 saturated heterocycles. The van der Waals surface area contributed by atoms with E-state index in [2.05, 4.69) is 20.9 Å². The second-order valence-corrected chi connectivity index (χ2v) is 5.12. The molecule has 0 unspecified atom stereocenters. The van der Waals surface area contributed by atoms with E-state index in [1.165, 1.54) is 6.92 Å². The fourth-order valence-electron chi connectivity index (χ4n) is 1.67. The summed E-state index contributed by atoms with van der Waals surface area (Å²) in [6.07, 6.45) is 0.630. The zero-order valence-electron chi connectivity index (χ0n) is 13.9. The normalized spacial score (nSPS) is 12.4. The first-order valence-electron chi connectivity index (χ1n) is 7.52. The summed E-state index contributed by atoms with van der Waals surface area (Å²) in [5.41, 5.74) is 15.6. The molecule has 0 aliphatic rings. The Kier molecular flexibility index (Phi) is 10.3. The molecule has 0 saturated carbocycles. The molecular formula is C13H25N7O5. The van der Waals surface area contributed by atoms with Crippen molar-refractivity contribution in [1.29, 1.82) is 0 Å². The fourth-order valence-corrected chi connectivity index (χ4v) is 1.67. The molecule has 142 valence electrons. The lowest BCUT2D eigenvalue weighted by Crippen LogP contribution is -2.51. The van der Waals surface area contributed by atoms with Crippen LogP contribution in [0.2, 0.25) is 0 Å². The van der Waals surface area contributed by atoms with Crippen LogP contribution in [0.15, 0.2) is 4.99 Å². The van der Waals surface area contributed by atoms with E-state index in [-0.39, 0.29) is 25.5 Å². The van der Waals surface area contributed by atoms with E-state index in [1.807, 2.05) is 0 Å². The number of carbonyl (C=O) groups is 4. The monoisotopic (exact) mass is 359 g/mol. The van der Waals surface area contributed by atoms with Gasteiger partial charge in [0.2, 0.25) is 17.7 Å². The molecule has 0 aromatic rings. The number of hydrogen-bond donors (Lipinski definition) is 7. The molecule has 0 fully saturated rings. The fraction of sp³-hybridized carbons (Fsp3) is 0.615. The van der Waals surface area contributed by atoms with Gasteiger partial charge in [-0.3, -0.25) is 24.2 Å². The largest absolute Gasteiger partial charge is 0.480 e. The summed E-state index contributed by atoms with van der Waals surface area (Å²) in [4.78, 5) is 49.5. The molecule has 0 aromatic carbocycles. The Bertz CT molecular complexity index is 519. The molecule has 0 aromatic heterocycles. The van der Waals surface area contributed by atoms with Gasteiger partial charge in [0.05, 0.1) is 13.1 Å². The topological polar surface area (TPSA) is 215 Å². The van der Waals surface area contributed by atoms with Crippen LogP contribution in [0.25, 0.3) is 0 Å². The molecule has 0 aliphatic carbocycles. The maximum atomic E-state index is 12.1. The van der Waals surface area contributed by atoms with Crippen molar-refractivity contribution in [2.24, 2.45) is 22.2 Å². The Labute approximate surface area is 144 Å². The summed E-state index contributed by atoms with van der Waals surface area (Å²) in [6, 6.07) is -2.01. The van der Waals surface area contributed by atoms with E-state index in [9.17, 15) is 19.2 Å². The molecule has 0 rings (SSSR count). The molecule has 0 spiro atoms. The predicted octanol–water partition coefficient (Wildman–Crippen LogP) is -3.81. The summed E-state index contributed by atoms with van der Waals surface area (Å²) in [5.74, 6) is -3.10. The lowest BCUT2D eigenvalue weighted by molar-refractivity contribution is -0.141. The third-order valence-corrected chi connectivity index (χ3v) is 2.95. The number of guanidine groups is 1. The number of aliphatic imine (C=N–C) groups is 1. The number of nitrogens with two attached hydrogens (primary N) is 3. The van der Waals surface area contributed by atoms with Crippen molar-refractivity contribution in [1.82, 2.24) is 16.0 Å². The van der Waals surface area contributed by atoms with E-state index >= 15 is 0 Å². The first kappa shape index (κ1) is 22.1. The average molecular weight is 359 g/mol. The van der Waals surface area contributed by atoms with Crippen LogP contribution in [0.3, 0.4) is 0 Å². The Hall–Kier alpha value is -2.89. The smallest absolute Gasteiger partial charge is 0.325 e.